The van der Waals surface area contributed by atoms with Crippen LogP contribution in [0.1, 0.15) is 81.1 Å². The molecule has 2 aliphatic rings. The second-order valence-corrected chi connectivity index (χ2v) is 18.0. The summed E-state index contributed by atoms with van der Waals surface area (Å²) in [6.45, 7) is 22.7. The topological polar surface area (TPSA) is 83.1 Å². The summed E-state index contributed by atoms with van der Waals surface area (Å²) >= 11 is 0. The zero-order chi connectivity index (χ0) is 29.5. The number of hydrogen-bond acceptors (Lipinski definition) is 6. The van der Waals surface area contributed by atoms with E-state index in [4.69, 9.17) is 18.6 Å². The second kappa shape index (κ2) is 13.6. The molecule has 1 N–H and O–H groups in total. The van der Waals surface area contributed by atoms with Crippen molar-refractivity contribution in [3.05, 3.63) is 35.5 Å². The van der Waals surface area contributed by atoms with Crippen LogP contribution in [0.5, 0.6) is 0 Å². The molecule has 0 saturated carbocycles. The summed E-state index contributed by atoms with van der Waals surface area (Å²) < 4.78 is 23.6. The number of rotatable bonds is 12. The fourth-order valence-corrected chi connectivity index (χ4v) is 6.10. The van der Waals surface area contributed by atoms with Crippen molar-refractivity contribution >= 4 is 20.4 Å². The number of allylic oxidation sites excluding steroid dienone is 1. The second-order valence-electron chi connectivity index (χ2n) is 13.2. The molecule has 8 heteroatoms. The first-order valence-electron chi connectivity index (χ1n) is 14.5. The molecule has 0 unspecified atom stereocenters. The number of carbonyl (C=O) groups is 2. The highest BCUT2D eigenvalue weighted by molar-refractivity contribution is 6.74. The van der Waals surface area contributed by atoms with E-state index in [1.807, 2.05) is 40.7 Å². The quantitative estimate of drug-likeness (QED) is 0.0896. The van der Waals surface area contributed by atoms with Crippen LogP contribution in [0.25, 0.3) is 0 Å². The highest BCUT2D eigenvalue weighted by Gasteiger charge is 2.51. The zero-order valence-electron chi connectivity index (χ0n) is 26.1. The number of ether oxygens (including phenoxy) is 3. The molecule has 0 aliphatic heterocycles. The van der Waals surface area contributed by atoms with Gasteiger partial charge < -0.3 is 24.0 Å². The van der Waals surface area contributed by atoms with E-state index in [0.29, 0.717) is 26.4 Å². The van der Waals surface area contributed by atoms with E-state index in [-0.39, 0.29) is 23.0 Å². The van der Waals surface area contributed by atoms with E-state index in [2.05, 4.69) is 51.3 Å². The molecule has 0 bridgehead atoms. The first-order chi connectivity index (χ1) is 18.1. The first kappa shape index (κ1) is 33.3. The largest absolute Gasteiger partial charge is 0.463 e. The molecular weight excluding hydrogens is 510 g/mol. The van der Waals surface area contributed by atoms with Gasteiger partial charge in [-0.15, -0.1) is 0 Å². The van der Waals surface area contributed by atoms with Gasteiger partial charge in [-0.3, -0.25) is 0 Å². The smallest absolute Gasteiger partial charge is 0.407 e. The van der Waals surface area contributed by atoms with Gasteiger partial charge in [-0.05, 0) is 89.9 Å². The Balaban J connectivity index is 2.28. The van der Waals surface area contributed by atoms with Crippen molar-refractivity contribution in [3.63, 3.8) is 0 Å². The van der Waals surface area contributed by atoms with Crippen LogP contribution in [0.4, 0.5) is 4.79 Å². The summed E-state index contributed by atoms with van der Waals surface area (Å²) in [6.07, 6.45) is 10.9. The Morgan fingerprint density at radius 3 is 2.41 bits per heavy atom. The number of carbonyl (C=O) groups excluding carboxylic acids is 2. The number of hydrogen-bond donors (Lipinski definition) is 1. The van der Waals surface area contributed by atoms with Gasteiger partial charge in [-0.1, -0.05) is 44.6 Å². The summed E-state index contributed by atoms with van der Waals surface area (Å²) in [5.41, 5.74) is 1.55. The average molecular weight is 564 g/mol. The third-order valence-corrected chi connectivity index (χ3v) is 12.6. The Morgan fingerprint density at radius 2 is 1.82 bits per heavy atom. The third-order valence-electron chi connectivity index (χ3n) is 8.09. The molecule has 0 aromatic carbocycles. The Labute approximate surface area is 237 Å². The van der Waals surface area contributed by atoms with Crippen molar-refractivity contribution in [1.82, 2.24) is 5.32 Å². The predicted molar refractivity (Wildman–Crippen MR) is 159 cm³/mol. The summed E-state index contributed by atoms with van der Waals surface area (Å²) in [4.78, 5) is 24.5. The summed E-state index contributed by atoms with van der Waals surface area (Å²) in [5, 5.41) is 3.01. The van der Waals surface area contributed by atoms with Crippen LogP contribution in [-0.2, 0) is 23.4 Å². The number of fused-ring (bicyclic) bond motifs is 1. The molecule has 0 spiro atoms. The fraction of sp³-hybridized carbons (Fsp3) is 0.742. The van der Waals surface area contributed by atoms with Crippen molar-refractivity contribution in [2.45, 2.75) is 111 Å². The molecule has 0 aromatic heterocycles. The average Bonchev–Trinajstić information content (AvgIpc) is 3.16. The van der Waals surface area contributed by atoms with E-state index in [0.717, 1.165) is 25.7 Å². The molecule has 39 heavy (non-hydrogen) atoms. The van der Waals surface area contributed by atoms with Gasteiger partial charge in [-0.2, -0.15) is 0 Å². The standard InChI is InChI=1S/C31H53NO6Si/c1-11-35-26-21-23(22-37-39(9,10)30(6,7)8)20-25-16-15-24(31(25,26)18-17-27(33)36-12-2)14-13-19-32-28(34)38-29(3,4)5/h15,17-18,21,25-26H,11-14,16,19-20,22H2,1-10H3,(H,32,34)/b18-17+/t25-,26+,31-/m1/s1. The number of esters is 1. The maximum absolute atomic E-state index is 12.4. The van der Waals surface area contributed by atoms with Gasteiger partial charge in [-0.25, -0.2) is 9.59 Å². The van der Waals surface area contributed by atoms with Crippen LogP contribution in [0.15, 0.2) is 35.5 Å². The third kappa shape index (κ3) is 9.05. The molecule has 1 amide bonds. The van der Waals surface area contributed by atoms with Crippen molar-refractivity contribution in [1.29, 1.82) is 0 Å². The van der Waals surface area contributed by atoms with Crippen molar-refractivity contribution in [3.8, 4) is 0 Å². The summed E-state index contributed by atoms with van der Waals surface area (Å²) in [5.74, 6) is -0.0775. The number of alkyl carbamates (subject to hydrolysis) is 1. The van der Waals surface area contributed by atoms with Crippen LogP contribution in [0.2, 0.25) is 18.1 Å². The molecule has 2 aliphatic carbocycles. The molecule has 0 heterocycles. The van der Waals surface area contributed by atoms with Crippen LogP contribution >= 0.6 is 0 Å². The van der Waals surface area contributed by atoms with E-state index >= 15 is 0 Å². The van der Waals surface area contributed by atoms with Gasteiger partial charge in [0.05, 0.1) is 19.3 Å². The fourth-order valence-electron chi connectivity index (χ4n) is 5.12. The molecule has 7 nitrogen and oxygen atoms in total. The van der Waals surface area contributed by atoms with Crippen molar-refractivity contribution in [2.75, 3.05) is 26.4 Å². The molecule has 222 valence electrons. The minimum absolute atomic E-state index is 0.142. The van der Waals surface area contributed by atoms with E-state index < -0.39 is 25.4 Å². The van der Waals surface area contributed by atoms with Gasteiger partial charge in [0.2, 0.25) is 0 Å². The normalized spacial score (nSPS) is 23.7. The number of amides is 1. The maximum atomic E-state index is 12.4. The lowest BCUT2D eigenvalue weighted by molar-refractivity contribution is -0.137. The number of nitrogens with one attached hydrogen (secondary N) is 1. The monoisotopic (exact) mass is 563 g/mol. The van der Waals surface area contributed by atoms with Crippen molar-refractivity contribution < 1.29 is 28.2 Å². The molecule has 0 fully saturated rings. The minimum Gasteiger partial charge on any atom is -0.463 e. The summed E-state index contributed by atoms with van der Waals surface area (Å²) in [6, 6.07) is 0. The molecule has 0 saturated heterocycles. The molecular formula is C31H53NO6Si. The van der Waals surface area contributed by atoms with Crippen LogP contribution in [-0.4, -0.2) is 58.5 Å². The zero-order valence-corrected chi connectivity index (χ0v) is 27.1. The predicted octanol–water partition coefficient (Wildman–Crippen LogP) is 7.10. The van der Waals surface area contributed by atoms with E-state index in [9.17, 15) is 9.59 Å². The first-order valence-corrected chi connectivity index (χ1v) is 17.4. The highest BCUT2D eigenvalue weighted by Crippen LogP contribution is 2.55. The molecule has 2 rings (SSSR count). The lowest BCUT2D eigenvalue weighted by Crippen LogP contribution is -2.45. The summed E-state index contributed by atoms with van der Waals surface area (Å²) in [7, 11) is -1.90. The van der Waals surface area contributed by atoms with Gasteiger partial charge >= 0.3 is 12.1 Å². The maximum Gasteiger partial charge on any atom is 0.407 e. The minimum atomic E-state index is -1.90. The lowest BCUT2D eigenvalue weighted by atomic mass is 9.63. The van der Waals surface area contributed by atoms with Crippen LogP contribution in [0.3, 0.4) is 0 Å². The van der Waals surface area contributed by atoms with Gasteiger partial charge in [0.25, 0.3) is 0 Å². The van der Waals surface area contributed by atoms with Crippen LogP contribution < -0.4 is 5.32 Å². The van der Waals surface area contributed by atoms with E-state index in [1.54, 1.807) is 6.08 Å². The van der Waals surface area contributed by atoms with Crippen molar-refractivity contribution in [2.24, 2.45) is 11.3 Å². The Morgan fingerprint density at radius 1 is 1.13 bits per heavy atom. The lowest BCUT2D eigenvalue weighted by Gasteiger charge is -2.45. The Bertz CT molecular complexity index is 940. The van der Waals surface area contributed by atoms with Crippen LogP contribution in [0, 0.1) is 11.3 Å². The SMILES string of the molecule is CCOC(=O)/C=C/[C@@]12C(CCCNC(=O)OC(C)(C)C)=CC[C@@H]1CC(CO[Si](C)(C)C(C)(C)C)=C[C@@H]2OCC. The Kier molecular flexibility index (Phi) is 11.6. The van der Waals surface area contributed by atoms with Gasteiger partial charge in [0, 0.05) is 24.6 Å². The highest BCUT2D eigenvalue weighted by atomic mass is 28.4. The molecule has 0 aromatic rings. The Hall–Kier alpha value is -1.90. The molecule has 0 radical (unpaired) electrons. The van der Waals surface area contributed by atoms with Gasteiger partial charge in [0.1, 0.15) is 5.60 Å². The van der Waals surface area contributed by atoms with Gasteiger partial charge in [0.15, 0.2) is 8.32 Å². The molecule has 3 atom stereocenters. The van der Waals surface area contributed by atoms with E-state index in [1.165, 1.54) is 11.1 Å².